The Bertz CT molecular complexity index is 824. The predicted octanol–water partition coefficient (Wildman–Crippen LogP) is 2.05. The van der Waals surface area contributed by atoms with E-state index in [2.05, 4.69) is 20.4 Å². The van der Waals surface area contributed by atoms with E-state index in [9.17, 15) is 9.59 Å². The van der Waals surface area contributed by atoms with E-state index >= 15 is 0 Å². The van der Waals surface area contributed by atoms with Crippen molar-refractivity contribution in [2.45, 2.75) is 77.9 Å². The van der Waals surface area contributed by atoms with Crippen LogP contribution in [-0.2, 0) is 20.7 Å². The van der Waals surface area contributed by atoms with Crippen LogP contribution in [0.25, 0.3) is 5.78 Å². The Labute approximate surface area is 158 Å². The summed E-state index contributed by atoms with van der Waals surface area (Å²) in [6.45, 7) is 5.30. The van der Waals surface area contributed by atoms with Gasteiger partial charge in [-0.15, -0.1) is 0 Å². The van der Waals surface area contributed by atoms with Crippen LogP contribution in [0.4, 0.5) is 0 Å². The van der Waals surface area contributed by atoms with E-state index in [0.717, 1.165) is 36.9 Å². The molecule has 1 amide bonds. The summed E-state index contributed by atoms with van der Waals surface area (Å²) in [4.78, 5) is 33.2. The number of esters is 1. The Kier molecular flexibility index (Phi) is 6.03. The van der Waals surface area contributed by atoms with Gasteiger partial charge in [-0.2, -0.15) is 10.1 Å². The summed E-state index contributed by atoms with van der Waals surface area (Å²) in [5, 5.41) is 7.14. The molecular formula is C19H27N5O3. The number of amides is 1. The van der Waals surface area contributed by atoms with Gasteiger partial charge in [0.2, 0.25) is 0 Å². The molecule has 1 aliphatic carbocycles. The molecule has 0 bridgehead atoms. The summed E-state index contributed by atoms with van der Waals surface area (Å²) >= 11 is 0. The quantitative estimate of drug-likeness (QED) is 0.636. The van der Waals surface area contributed by atoms with Gasteiger partial charge in [-0.1, -0.05) is 25.7 Å². The van der Waals surface area contributed by atoms with Gasteiger partial charge in [0.25, 0.3) is 11.7 Å². The fraction of sp³-hybridized carbons (Fsp3) is 0.632. The topological polar surface area (TPSA) is 98.5 Å². The molecule has 0 spiro atoms. The zero-order valence-corrected chi connectivity index (χ0v) is 16.2. The number of nitrogens with zero attached hydrogens (tertiary/aromatic N) is 4. The Morgan fingerprint density at radius 3 is 2.67 bits per heavy atom. The van der Waals surface area contributed by atoms with Crippen molar-refractivity contribution in [2.24, 2.45) is 0 Å². The van der Waals surface area contributed by atoms with Gasteiger partial charge in [0.05, 0.1) is 6.42 Å². The standard InChI is InChI=1S/C19H27N5O3/c1-12-16(13(2)24-19(22-12)20-11-21-24)10-17(25)27-14(3)18(26)23-15-8-6-4-5-7-9-15/h11,14-15H,4-10H2,1-3H3,(H,23,26)/t14-/m1/s1. The van der Waals surface area contributed by atoms with Gasteiger partial charge in [0, 0.05) is 23.0 Å². The molecule has 0 aliphatic heterocycles. The van der Waals surface area contributed by atoms with Gasteiger partial charge in [-0.25, -0.2) is 9.50 Å². The van der Waals surface area contributed by atoms with Gasteiger partial charge in [0.1, 0.15) is 6.33 Å². The second-order valence-corrected chi connectivity index (χ2v) is 7.24. The molecule has 1 saturated carbocycles. The third-order valence-corrected chi connectivity index (χ3v) is 5.19. The zero-order valence-electron chi connectivity index (χ0n) is 16.2. The Morgan fingerprint density at radius 1 is 1.26 bits per heavy atom. The van der Waals surface area contributed by atoms with Crippen LogP contribution in [-0.4, -0.2) is 43.6 Å². The molecule has 2 aromatic rings. The minimum atomic E-state index is -0.815. The minimum absolute atomic E-state index is 0.0432. The van der Waals surface area contributed by atoms with Crippen molar-refractivity contribution in [1.82, 2.24) is 24.9 Å². The molecule has 0 saturated heterocycles. The van der Waals surface area contributed by atoms with Crippen molar-refractivity contribution in [1.29, 1.82) is 0 Å². The lowest BCUT2D eigenvalue weighted by molar-refractivity contribution is -0.154. The van der Waals surface area contributed by atoms with E-state index in [4.69, 9.17) is 4.74 Å². The molecule has 2 aromatic heterocycles. The third kappa shape index (κ3) is 4.61. The summed E-state index contributed by atoms with van der Waals surface area (Å²) in [6.07, 6.45) is 7.36. The fourth-order valence-corrected chi connectivity index (χ4v) is 3.59. The lowest BCUT2D eigenvalue weighted by atomic mass is 10.1. The van der Waals surface area contributed by atoms with Crippen LogP contribution in [0.3, 0.4) is 0 Å². The number of fused-ring (bicyclic) bond motifs is 1. The molecule has 2 heterocycles. The van der Waals surface area contributed by atoms with E-state index in [0.29, 0.717) is 11.5 Å². The number of nitrogens with one attached hydrogen (secondary N) is 1. The average molecular weight is 373 g/mol. The molecule has 3 rings (SSSR count). The van der Waals surface area contributed by atoms with Gasteiger partial charge in [-0.3, -0.25) is 9.59 Å². The predicted molar refractivity (Wildman–Crippen MR) is 99.1 cm³/mol. The lowest BCUT2D eigenvalue weighted by Crippen LogP contribution is -2.42. The molecule has 0 unspecified atom stereocenters. The van der Waals surface area contributed by atoms with Gasteiger partial charge in [0.15, 0.2) is 6.10 Å². The molecule has 1 aliphatic rings. The molecule has 1 atom stereocenters. The van der Waals surface area contributed by atoms with Crippen molar-refractivity contribution in [3.8, 4) is 0 Å². The summed E-state index contributed by atoms with van der Waals surface area (Å²) in [5.74, 6) is -0.183. The first-order chi connectivity index (χ1) is 13.0. The first kappa shape index (κ1) is 19.3. The second kappa shape index (κ2) is 8.45. The number of rotatable bonds is 5. The number of aryl methyl sites for hydroxylation is 2. The number of ether oxygens (including phenoxy) is 1. The van der Waals surface area contributed by atoms with Crippen LogP contribution in [0, 0.1) is 13.8 Å². The highest BCUT2D eigenvalue weighted by molar-refractivity contribution is 5.84. The number of carbonyl (C=O) groups is 2. The summed E-state index contributed by atoms with van der Waals surface area (Å²) < 4.78 is 6.96. The number of hydrogen-bond donors (Lipinski definition) is 1. The third-order valence-electron chi connectivity index (χ3n) is 5.19. The van der Waals surface area contributed by atoms with E-state index < -0.39 is 12.1 Å². The monoisotopic (exact) mass is 373 g/mol. The molecule has 0 radical (unpaired) electrons. The van der Waals surface area contributed by atoms with Crippen LogP contribution in [0.15, 0.2) is 6.33 Å². The molecular weight excluding hydrogens is 346 g/mol. The molecule has 0 aromatic carbocycles. The van der Waals surface area contributed by atoms with Gasteiger partial charge < -0.3 is 10.1 Å². The van der Waals surface area contributed by atoms with Crippen molar-refractivity contribution in [2.75, 3.05) is 0 Å². The van der Waals surface area contributed by atoms with Crippen molar-refractivity contribution >= 4 is 17.7 Å². The molecule has 8 heteroatoms. The molecule has 8 nitrogen and oxygen atoms in total. The van der Waals surface area contributed by atoms with Crippen LogP contribution in [0.5, 0.6) is 0 Å². The molecule has 146 valence electrons. The SMILES string of the molecule is Cc1nc2ncnn2c(C)c1CC(=O)O[C@H](C)C(=O)NC1CCCCCC1. The minimum Gasteiger partial charge on any atom is -0.452 e. The molecule has 27 heavy (non-hydrogen) atoms. The Balaban J connectivity index is 1.59. The number of carbonyl (C=O) groups excluding carboxylic acids is 2. The van der Waals surface area contributed by atoms with Crippen LogP contribution in [0.2, 0.25) is 0 Å². The highest BCUT2D eigenvalue weighted by Crippen LogP contribution is 2.18. The molecule has 1 N–H and O–H groups in total. The Morgan fingerprint density at radius 2 is 1.96 bits per heavy atom. The van der Waals surface area contributed by atoms with Crippen molar-refractivity contribution < 1.29 is 14.3 Å². The van der Waals surface area contributed by atoms with E-state index in [1.807, 2.05) is 13.8 Å². The second-order valence-electron chi connectivity index (χ2n) is 7.24. The van der Waals surface area contributed by atoms with Gasteiger partial charge >= 0.3 is 5.97 Å². The van der Waals surface area contributed by atoms with E-state index in [-0.39, 0.29) is 18.4 Å². The lowest BCUT2D eigenvalue weighted by Gasteiger charge is -2.20. The summed E-state index contributed by atoms with van der Waals surface area (Å²) in [6, 6.07) is 0.185. The number of hydrogen-bond acceptors (Lipinski definition) is 6. The first-order valence-corrected chi connectivity index (χ1v) is 9.61. The largest absolute Gasteiger partial charge is 0.452 e. The summed E-state index contributed by atoms with van der Waals surface area (Å²) in [7, 11) is 0. The Hall–Kier alpha value is -2.51. The van der Waals surface area contributed by atoms with E-state index in [1.165, 1.54) is 19.2 Å². The van der Waals surface area contributed by atoms with Crippen molar-refractivity contribution in [3.63, 3.8) is 0 Å². The maximum atomic E-state index is 12.4. The van der Waals surface area contributed by atoms with Crippen LogP contribution >= 0.6 is 0 Å². The van der Waals surface area contributed by atoms with E-state index in [1.54, 1.807) is 11.4 Å². The van der Waals surface area contributed by atoms with Crippen LogP contribution in [0.1, 0.15) is 62.4 Å². The number of aromatic nitrogens is 4. The summed E-state index contributed by atoms with van der Waals surface area (Å²) in [5.41, 5.74) is 2.25. The molecule has 1 fully saturated rings. The smallest absolute Gasteiger partial charge is 0.311 e. The maximum Gasteiger partial charge on any atom is 0.311 e. The maximum absolute atomic E-state index is 12.4. The zero-order chi connectivity index (χ0) is 19.4. The highest BCUT2D eigenvalue weighted by Gasteiger charge is 2.23. The average Bonchev–Trinajstić information content (AvgIpc) is 2.94. The fourth-order valence-electron chi connectivity index (χ4n) is 3.59. The van der Waals surface area contributed by atoms with Crippen molar-refractivity contribution in [3.05, 3.63) is 23.3 Å². The normalized spacial score (nSPS) is 16.7. The highest BCUT2D eigenvalue weighted by atomic mass is 16.5. The van der Waals surface area contributed by atoms with Crippen LogP contribution < -0.4 is 5.32 Å². The van der Waals surface area contributed by atoms with Gasteiger partial charge in [-0.05, 0) is 33.6 Å². The first-order valence-electron chi connectivity index (χ1n) is 9.61.